The lowest BCUT2D eigenvalue weighted by Crippen LogP contribution is -2.51. The van der Waals surface area contributed by atoms with Crippen LogP contribution in [0.15, 0.2) is 101 Å². The second kappa shape index (κ2) is 17.3. The molecule has 4 N–H and O–H groups in total. The maximum absolute atomic E-state index is 13.5. The molecule has 5 heterocycles. The lowest BCUT2D eigenvalue weighted by molar-refractivity contribution is -0.131. The Hall–Kier alpha value is -6.88. The molecule has 336 valence electrons. The lowest BCUT2D eigenvalue weighted by Gasteiger charge is -2.37. The predicted molar refractivity (Wildman–Crippen MR) is 254 cm³/mol. The van der Waals surface area contributed by atoms with Crippen LogP contribution in [0.4, 0.5) is 17.2 Å². The third kappa shape index (κ3) is 9.10. The zero-order valence-corrected chi connectivity index (χ0v) is 38.4. The number of hydrogen-bond acceptors (Lipinski definition) is 9. The normalized spacial score (nSPS) is 24.8. The second-order valence-electron chi connectivity index (χ2n) is 19.5. The van der Waals surface area contributed by atoms with E-state index in [1.165, 1.54) is 9.80 Å². The van der Waals surface area contributed by atoms with Crippen molar-refractivity contribution < 1.29 is 19.2 Å². The SMILES string of the molecule is CC(C)[C@]1(C)CC(=O)N(Cc2cccc(N3CC(c4cccc(C#[N+]c5ccc(C6(C)CC(=O)N(c7cc(CN8C(=O)C[C@@](C)(C(C)C)N=C8N)ccn7)C6)cc5)c4)CC3=O)c2)C(N)=N1. The minimum Gasteiger partial charge on any atom is -0.369 e. The number of amides is 4. The Morgan fingerprint density at radius 2 is 1.32 bits per heavy atom. The van der Waals surface area contributed by atoms with Gasteiger partial charge in [0, 0.05) is 61.3 Å². The van der Waals surface area contributed by atoms with Crippen LogP contribution in [-0.4, -0.2) is 74.5 Å². The first-order valence-corrected chi connectivity index (χ1v) is 22.5. The number of nitrogens with two attached hydrogens (primary N) is 2. The fraction of sp³-hybridized carbons (Fsp3) is 0.412. The monoisotopic (exact) mass is 875 g/mol. The van der Waals surface area contributed by atoms with Crippen LogP contribution in [0.25, 0.3) is 4.85 Å². The Balaban J connectivity index is 0.897. The maximum atomic E-state index is 13.5. The molecule has 3 aromatic carbocycles. The smallest absolute Gasteiger partial charge is 0.340 e. The highest BCUT2D eigenvalue weighted by Crippen LogP contribution is 2.39. The molecule has 65 heavy (non-hydrogen) atoms. The summed E-state index contributed by atoms with van der Waals surface area (Å²) in [6.45, 7) is 15.6. The summed E-state index contributed by atoms with van der Waals surface area (Å²) in [5.41, 5.74) is 17.1. The molecule has 0 aliphatic carbocycles. The highest BCUT2D eigenvalue weighted by atomic mass is 16.2. The largest absolute Gasteiger partial charge is 0.369 e. The van der Waals surface area contributed by atoms with Gasteiger partial charge in [-0.2, -0.15) is 0 Å². The number of hydrogen-bond donors (Lipinski definition) is 2. The molecule has 8 rings (SSSR count). The second-order valence-corrected chi connectivity index (χ2v) is 19.5. The molecule has 4 aliphatic heterocycles. The maximum Gasteiger partial charge on any atom is 0.340 e. The number of rotatable bonds is 10. The van der Waals surface area contributed by atoms with Gasteiger partial charge < -0.3 is 16.4 Å². The first-order chi connectivity index (χ1) is 30.8. The van der Waals surface area contributed by atoms with Crippen molar-refractivity contribution in [2.24, 2.45) is 33.3 Å². The number of carbonyl (C=O) groups excluding carboxylic acids is 4. The van der Waals surface area contributed by atoms with Gasteiger partial charge >= 0.3 is 11.8 Å². The molecular weight excluding hydrogens is 817 g/mol. The summed E-state index contributed by atoms with van der Waals surface area (Å²) >= 11 is 0. The summed E-state index contributed by atoms with van der Waals surface area (Å²) in [7, 11) is 0. The van der Waals surface area contributed by atoms with E-state index in [9.17, 15) is 19.2 Å². The van der Waals surface area contributed by atoms with Gasteiger partial charge in [0.15, 0.2) is 11.9 Å². The van der Waals surface area contributed by atoms with E-state index in [1.807, 2.05) is 131 Å². The third-order valence-electron chi connectivity index (χ3n) is 14.1. The van der Waals surface area contributed by atoms with Crippen molar-refractivity contribution in [2.75, 3.05) is 22.9 Å². The summed E-state index contributed by atoms with van der Waals surface area (Å²) < 4.78 is 0. The molecule has 2 fully saturated rings. The molecule has 14 nitrogen and oxygen atoms in total. The topological polar surface area (TPSA) is 175 Å². The Morgan fingerprint density at radius 3 is 1.94 bits per heavy atom. The fourth-order valence-electron chi connectivity index (χ4n) is 9.12. The average molecular weight is 876 g/mol. The Labute approximate surface area is 381 Å². The van der Waals surface area contributed by atoms with Crippen molar-refractivity contribution in [1.82, 2.24) is 14.8 Å². The van der Waals surface area contributed by atoms with Gasteiger partial charge in [-0.1, -0.05) is 71.0 Å². The fourth-order valence-corrected chi connectivity index (χ4v) is 9.12. The van der Waals surface area contributed by atoms with Crippen molar-refractivity contribution in [3.05, 3.63) is 124 Å². The molecule has 4 aliphatic rings. The number of nitrogens with zero attached hydrogens (tertiary/aromatic N) is 8. The highest BCUT2D eigenvalue weighted by Gasteiger charge is 2.43. The van der Waals surface area contributed by atoms with Gasteiger partial charge in [-0.25, -0.2) is 15.0 Å². The number of aromatic nitrogens is 1. The standard InChI is InChI=1S/C51H59N10O4/c1-32(2)50(6)25-45(64)59(47(52)56-50)28-35-11-9-13-41(21-35)58-30-38(23-43(58)62)37-12-8-10-34(20-37)27-55-40-16-14-39(15-17-40)49(5)24-44(63)61(31-49)42-22-36(18-19-54-42)29-60-46(65)26-51(7,33(3)4)57-48(60)53/h8-22,32-33,38H,23-26,28-31H2,1-7H3,(H2,52,56)(H2,53,57)/q+1/t38?,49?,50-,51-/m0/s1. The molecule has 2 saturated heterocycles. The first-order valence-electron chi connectivity index (χ1n) is 22.5. The predicted octanol–water partition coefficient (Wildman–Crippen LogP) is 7.23. The van der Waals surface area contributed by atoms with E-state index < -0.39 is 16.5 Å². The van der Waals surface area contributed by atoms with E-state index in [1.54, 1.807) is 11.1 Å². The number of pyridine rings is 1. The van der Waals surface area contributed by atoms with Crippen molar-refractivity contribution in [3.63, 3.8) is 0 Å². The van der Waals surface area contributed by atoms with Crippen LogP contribution in [0.1, 0.15) is 108 Å². The molecular formula is C51H59N10O4+. The quantitative estimate of drug-likeness (QED) is 0.169. The molecule has 0 bridgehead atoms. The van der Waals surface area contributed by atoms with Gasteiger partial charge in [0.25, 0.3) is 0 Å². The average Bonchev–Trinajstić information content (AvgIpc) is 3.81. The molecule has 0 spiro atoms. The zero-order valence-electron chi connectivity index (χ0n) is 38.4. The van der Waals surface area contributed by atoms with Gasteiger partial charge in [-0.15, -0.1) is 0 Å². The minimum absolute atomic E-state index is 0.0204. The molecule has 0 saturated carbocycles. The first kappa shape index (κ1) is 44.7. The Bertz CT molecular complexity index is 2680. The van der Waals surface area contributed by atoms with E-state index >= 15 is 0 Å². The van der Waals surface area contributed by atoms with E-state index in [0.29, 0.717) is 38.2 Å². The van der Waals surface area contributed by atoms with Gasteiger partial charge in [0.05, 0.1) is 37.0 Å². The number of anilines is 2. The zero-order chi connectivity index (χ0) is 46.4. The molecule has 4 atom stereocenters. The summed E-state index contributed by atoms with van der Waals surface area (Å²) in [5, 5.41) is 0. The minimum atomic E-state index is -0.536. The van der Waals surface area contributed by atoms with Crippen LogP contribution in [0, 0.1) is 17.9 Å². The Kier molecular flexibility index (Phi) is 11.9. The van der Waals surface area contributed by atoms with E-state index in [0.717, 1.165) is 39.2 Å². The van der Waals surface area contributed by atoms with Gasteiger partial charge in [-0.05, 0) is 89.2 Å². The van der Waals surface area contributed by atoms with Crippen molar-refractivity contribution in [2.45, 2.75) is 110 Å². The van der Waals surface area contributed by atoms with Crippen LogP contribution in [0.3, 0.4) is 0 Å². The molecule has 2 unspecified atom stereocenters. The van der Waals surface area contributed by atoms with Crippen LogP contribution in [0.5, 0.6) is 0 Å². The molecule has 14 heteroatoms. The molecule has 0 radical (unpaired) electrons. The van der Waals surface area contributed by atoms with Crippen LogP contribution in [-0.2, 0) is 37.7 Å². The van der Waals surface area contributed by atoms with Crippen LogP contribution >= 0.6 is 0 Å². The van der Waals surface area contributed by atoms with Crippen LogP contribution < -0.4 is 21.3 Å². The van der Waals surface area contributed by atoms with Gasteiger partial charge in [-0.3, -0.25) is 33.9 Å². The molecule has 4 amide bonds. The molecule has 4 aromatic rings. The van der Waals surface area contributed by atoms with Gasteiger partial charge in [0.1, 0.15) is 11.4 Å². The van der Waals surface area contributed by atoms with E-state index in [2.05, 4.69) is 32.8 Å². The number of guanidine groups is 2. The number of carbonyl (C=O) groups is 4. The van der Waals surface area contributed by atoms with E-state index in [-0.39, 0.29) is 72.8 Å². The summed E-state index contributed by atoms with van der Waals surface area (Å²) in [5.74, 6) is 1.13. The summed E-state index contributed by atoms with van der Waals surface area (Å²) in [4.78, 5) is 78.4. The highest BCUT2D eigenvalue weighted by molar-refractivity contribution is 6.00. The van der Waals surface area contributed by atoms with Crippen molar-refractivity contribution in [3.8, 4) is 6.07 Å². The third-order valence-corrected chi connectivity index (χ3v) is 14.1. The van der Waals surface area contributed by atoms with Crippen molar-refractivity contribution in [1.29, 1.82) is 0 Å². The van der Waals surface area contributed by atoms with E-state index in [4.69, 9.17) is 11.5 Å². The number of aliphatic imine (C=N–C) groups is 2. The summed E-state index contributed by atoms with van der Waals surface area (Å²) in [6, 6.07) is 30.4. The molecule has 1 aromatic heterocycles. The summed E-state index contributed by atoms with van der Waals surface area (Å²) in [6.07, 6.45) is 2.91. The van der Waals surface area contributed by atoms with Crippen LogP contribution in [0.2, 0.25) is 0 Å². The lowest BCUT2D eigenvalue weighted by atomic mass is 9.81. The van der Waals surface area contributed by atoms with Gasteiger partial charge in [0.2, 0.25) is 23.6 Å². The Morgan fingerprint density at radius 1 is 0.708 bits per heavy atom. The van der Waals surface area contributed by atoms with Crippen molar-refractivity contribution >= 4 is 52.7 Å². The number of benzene rings is 3.